The number of thiophene rings is 1. The third-order valence-electron chi connectivity index (χ3n) is 5.50. The van der Waals surface area contributed by atoms with E-state index in [1.54, 1.807) is 11.3 Å². The lowest BCUT2D eigenvalue weighted by Gasteiger charge is -2.10. The normalized spacial score (nSPS) is 13.2. The van der Waals surface area contributed by atoms with Crippen molar-refractivity contribution in [3.8, 4) is 11.5 Å². The Morgan fingerprint density at radius 1 is 1.12 bits per heavy atom. The smallest absolute Gasteiger partial charge is 0.262 e. The number of aryl methyl sites for hydroxylation is 2. The van der Waals surface area contributed by atoms with Crippen LogP contribution in [0.15, 0.2) is 70.8 Å². The summed E-state index contributed by atoms with van der Waals surface area (Å²) in [4.78, 5) is 31.8. The second-order valence-electron chi connectivity index (χ2n) is 7.85. The minimum Gasteiger partial charge on any atom is -0.457 e. The van der Waals surface area contributed by atoms with Gasteiger partial charge >= 0.3 is 0 Å². The number of hydrogen-bond donors (Lipinski definition) is 1. The summed E-state index contributed by atoms with van der Waals surface area (Å²) < 4.78 is 7.16. The minimum absolute atomic E-state index is 0.138. The second kappa shape index (κ2) is 9.38. The molecule has 166 valence electrons. The Morgan fingerprint density at radius 3 is 2.82 bits per heavy atom. The molecule has 0 bridgehead atoms. The van der Waals surface area contributed by atoms with E-state index in [0.29, 0.717) is 11.1 Å². The van der Waals surface area contributed by atoms with Crippen LogP contribution in [0.2, 0.25) is 0 Å². The Labute approximate surface area is 194 Å². The van der Waals surface area contributed by atoms with Gasteiger partial charge in [0, 0.05) is 4.88 Å². The minimum atomic E-state index is -0.393. The van der Waals surface area contributed by atoms with Crippen molar-refractivity contribution in [2.45, 2.75) is 32.2 Å². The van der Waals surface area contributed by atoms with Crippen molar-refractivity contribution < 1.29 is 9.53 Å². The first-order valence-electron chi connectivity index (χ1n) is 10.8. The van der Waals surface area contributed by atoms with Crippen LogP contribution in [-0.2, 0) is 24.2 Å². The Balaban J connectivity index is 1.25. The lowest BCUT2D eigenvalue weighted by Crippen LogP contribution is -2.30. The highest BCUT2D eigenvalue weighted by atomic mass is 32.1. The van der Waals surface area contributed by atoms with Crippen molar-refractivity contribution in [3.63, 3.8) is 0 Å². The zero-order valence-corrected chi connectivity index (χ0v) is 18.7. The van der Waals surface area contributed by atoms with Gasteiger partial charge in [0.25, 0.3) is 11.5 Å². The molecule has 33 heavy (non-hydrogen) atoms. The molecule has 0 spiro atoms. The Morgan fingerprint density at radius 2 is 1.94 bits per heavy atom. The largest absolute Gasteiger partial charge is 0.457 e. The summed E-state index contributed by atoms with van der Waals surface area (Å²) in [6, 6.07) is 16.9. The molecule has 1 aliphatic rings. The molecule has 4 aromatic rings. The predicted molar refractivity (Wildman–Crippen MR) is 129 cm³/mol. The number of hydrazone groups is 1. The summed E-state index contributed by atoms with van der Waals surface area (Å²) in [5.41, 5.74) is 4.21. The number of para-hydroxylation sites is 1. The maximum absolute atomic E-state index is 13.0. The van der Waals surface area contributed by atoms with Crippen molar-refractivity contribution in [2.24, 2.45) is 5.10 Å². The average molecular weight is 459 g/mol. The first-order valence-corrected chi connectivity index (χ1v) is 11.6. The van der Waals surface area contributed by atoms with E-state index in [-0.39, 0.29) is 12.1 Å². The molecule has 0 aliphatic heterocycles. The standard InChI is InChI=1S/C25H22N4O3S/c30-22(15-29-16-26-24-23(25(29)31)20-11-4-5-12-21(20)33-24)28-27-14-17-7-6-10-19(13-17)32-18-8-2-1-3-9-18/h1-3,6-10,13-14,16H,4-5,11-12,15H2,(H,28,30)/b27-14-. The monoisotopic (exact) mass is 458 g/mol. The summed E-state index contributed by atoms with van der Waals surface area (Å²) >= 11 is 1.60. The number of carbonyl (C=O) groups excluding carboxylic acids is 1. The van der Waals surface area contributed by atoms with Gasteiger partial charge in [-0.2, -0.15) is 5.10 Å². The number of ether oxygens (including phenoxy) is 1. The summed E-state index contributed by atoms with van der Waals surface area (Å²) in [6.07, 6.45) is 7.12. The van der Waals surface area contributed by atoms with E-state index < -0.39 is 5.91 Å². The van der Waals surface area contributed by atoms with Gasteiger partial charge in [0.1, 0.15) is 22.9 Å². The van der Waals surface area contributed by atoms with Gasteiger partial charge in [-0.05, 0) is 61.1 Å². The number of amides is 1. The SMILES string of the molecule is O=C(Cn1cnc2sc3c(c2c1=O)CCCC3)N/N=C\c1cccc(Oc2ccccc2)c1. The molecule has 0 atom stereocenters. The number of fused-ring (bicyclic) bond motifs is 3. The molecule has 0 radical (unpaired) electrons. The van der Waals surface area contributed by atoms with Gasteiger partial charge in [-0.15, -0.1) is 11.3 Å². The van der Waals surface area contributed by atoms with Crippen LogP contribution in [0.3, 0.4) is 0 Å². The van der Waals surface area contributed by atoms with Crippen LogP contribution in [0, 0.1) is 0 Å². The molecular weight excluding hydrogens is 436 g/mol. The molecular formula is C25H22N4O3S. The van der Waals surface area contributed by atoms with E-state index >= 15 is 0 Å². The lowest BCUT2D eigenvalue weighted by molar-refractivity contribution is -0.121. The van der Waals surface area contributed by atoms with E-state index in [1.807, 2.05) is 54.6 Å². The molecule has 2 heterocycles. The van der Waals surface area contributed by atoms with E-state index in [4.69, 9.17) is 4.74 Å². The van der Waals surface area contributed by atoms with E-state index in [0.717, 1.165) is 47.4 Å². The maximum atomic E-state index is 13.0. The quantitative estimate of drug-likeness (QED) is 0.345. The highest BCUT2D eigenvalue weighted by Crippen LogP contribution is 2.33. The molecule has 0 saturated carbocycles. The summed E-state index contributed by atoms with van der Waals surface area (Å²) in [5, 5.41) is 4.69. The van der Waals surface area contributed by atoms with Crippen LogP contribution in [0.5, 0.6) is 11.5 Å². The molecule has 1 amide bonds. The fourth-order valence-corrected chi connectivity index (χ4v) is 5.17. The third-order valence-corrected chi connectivity index (χ3v) is 6.70. The number of hydrogen-bond acceptors (Lipinski definition) is 6. The molecule has 7 nitrogen and oxygen atoms in total. The molecule has 2 aromatic heterocycles. The van der Waals surface area contributed by atoms with Crippen LogP contribution in [0.25, 0.3) is 10.2 Å². The zero-order chi connectivity index (χ0) is 22.6. The summed E-state index contributed by atoms with van der Waals surface area (Å²) in [7, 11) is 0. The molecule has 0 unspecified atom stereocenters. The van der Waals surface area contributed by atoms with E-state index in [1.165, 1.54) is 22.0 Å². The van der Waals surface area contributed by atoms with Gasteiger partial charge in [0.2, 0.25) is 0 Å². The van der Waals surface area contributed by atoms with Gasteiger partial charge in [0.15, 0.2) is 0 Å². The molecule has 2 aromatic carbocycles. The zero-order valence-electron chi connectivity index (χ0n) is 17.9. The Kier molecular flexibility index (Phi) is 5.99. The first-order chi connectivity index (χ1) is 16.2. The van der Waals surface area contributed by atoms with Gasteiger partial charge in [-0.1, -0.05) is 30.3 Å². The molecule has 1 N–H and O–H groups in total. The molecule has 0 saturated heterocycles. The molecule has 1 aliphatic carbocycles. The Bertz CT molecular complexity index is 1390. The highest BCUT2D eigenvalue weighted by Gasteiger charge is 2.20. The third kappa shape index (κ3) is 4.70. The van der Waals surface area contributed by atoms with Crippen molar-refractivity contribution in [1.82, 2.24) is 15.0 Å². The van der Waals surface area contributed by atoms with Gasteiger partial charge in [-0.25, -0.2) is 10.4 Å². The lowest BCUT2D eigenvalue weighted by atomic mass is 9.97. The van der Waals surface area contributed by atoms with Gasteiger partial charge in [0.05, 0.1) is 17.9 Å². The van der Waals surface area contributed by atoms with Crippen molar-refractivity contribution in [1.29, 1.82) is 0 Å². The van der Waals surface area contributed by atoms with Crippen molar-refractivity contribution in [3.05, 3.63) is 87.3 Å². The number of rotatable bonds is 6. The number of nitrogens with one attached hydrogen (secondary N) is 1. The van der Waals surface area contributed by atoms with Crippen molar-refractivity contribution >= 4 is 33.7 Å². The second-order valence-corrected chi connectivity index (χ2v) is 8.93. The van der Waals surface area contributed by atoms with Gasteiger partial charge in [-0.3, -0.25) is 14.2 Å². The fraction of sp³-hybridized carbons (Fsp3) is 0.200. The first kappa shape index (κ1) is 21.1. The fourth-order valence-electron chi connectivity index (χ4n) is 3.95. The van der Waals surface area contributed by atoms with Crippen LogP contribution in [0.1, 0.15) is 28.8 Å². The highest BCUT2D eigenvalue weighted by molar-refractivity contribution is 7.18. The van der Waals surface area contributed by atoms with Crippen LogP contribution in [0.4, 0.5) is 0 Å². The number of carbonyl (C=O) groups is 1. The van der Waals surface area contributed by atoms with Crippen LogP contribution < -0.4 is 15.7 Å². The summed E-state index contributed by atoms with van der Waals surface area (Å²) in [6.45, 7) is -0.138. The Hall–Kier alpha value is -3.78. The van der Waals surface area contributed by atoms with Crippen molar-refractivity contribution in [2.75, 3.05) is 0 Å². The number of nitrogens with zero attached hydrogens (tertiary/aromatic N) is 3. The van der Waals surface area contributed by atoms with E-state index in [9.17, 15) is 9.59 Å². The molecule has 8 heteroatoms. The number of benzene rings is 2. The maximum Gasteiger partial charge on any atom is 0.262 e. The topological polar surface area (TPSA) is 85.6 Å². The van der Waals surface area contributed by atoms with Gasteiger partial charge < -0.3 is 4.74 Å². The summed E-state index contributed by atoms with van der Waals surface area (Å²) in [5.74, 6) is 1.01. The number of aromatic nitrogens is 2. The molecule has 5 rings (SSSR count). The predicted octanol–water partition coefficient (Wildman–Crippen LogP) is 4.28. The van der Waals surface area contributed by atoms with Crippen LogP contribution >= 0.6 is 11.3 Å². The van der Waals surface area contributed by atoms with E-state index in [2.05, 4.69) is 15.5 Å². The average Bonchev–Trinajstić information content (AvgIpc) is 3.21. The van der Waals surface area contributed by atoms with Crippen LogP contribution in [-0.4, -0.2) is 21.7 Å². The molecule has 0 fully saturated rings.